The second kappa shape index (κ2) is 6.64. The van der Waals surface area contributed by atoms with Crippen LogP contribution in [0.4, 0.5) is 4.79 Å². The number of hydrogen-bond acceptors (Lipinski definition) is 4. The Morgan fingerprint density at radius 1 is 1.19 bits per heavy atom. The second-order valence-electron chi connectivity index (χ2n) is 9.78. The van der Waals surface area contributed by atoms with E-state index in [9.17, 15) is 9.59 Å². The number of nitrogens with one attached hydrogen (secondary N) is 1. The third-order valence-electron chi connectivity index (χ3n) is 8.13. The van der Waals surface area contributed by atoms with Crippen LogP contribution in [0.5, 0.6) is 0 Å². The number of ether oxygens (including phenoxy) is 1. The first-order valence-electron chi connectivity index (χ1n) is 11.0. The molecule has 1 unspecified atom stereocenters. The summed E-state index contributed by atoms with van der Waals surface area (Å²) in [7, 11) is 0. The van der Waals surface area contributed by atoms with Crippen LogP contribution in [0, 0.1) is 29.1 Å². The van der Waals surface area contributed by atoms with Gasteiger partial charge in [0, 0.05) is 44.7 Å². The summed E-state index contributed by atoms with van der Waals surface area (Å²) in [4.78, 5) is 28.9. The van der Waals surface area contributed by atoms with E-state index in [1.54, 1.807) is 0 Å². The van der Waals surface area contributed by atoms with Gasteiger partial charge in [-0.2, -0.15) is 0 Å². The minimum Gasteiger partial charge on any atom is -0.450 e. The highest BCUT2D eigenvalue weighted by Crippen LogP contribution is 2.57. The Bertz CT molecular complexity index is 602. The molecule has 5 aliphatic rings. The zero-order valence-corrected chi connectivity index (χ0v) is 16.5. The van der Waals surface area contributed by atoms with Crippen molar-refractivity contribution >= 4 is 12.0 Å². The van der Waals surface area contributed by atoms with Crippen LogP contribution in [-0.2, 0) is 9.53 Å². The van der Waals surface area contributed by atoms with Crippen LogP contribution in [0.25, 0.3) is 0 Å². The molecule has 0 bridgehead atoms. The van der Waals surface area contributed by atoms with Gasteiger partial charge in [-0.25, -0.2) is 4.79 Å². The van der Waals surface area contributed by atoms with Crippen molar-refractivity contribution in [3.05, 3.63) is 0 Å². The van der Waals surface area contributed by atoms with Gasteiger partial charge in [0.15, 0.2) is 0 Å². The Hall–Kier alpha value is -1.30. The number of carbonyl (C=O) groups is 2. The minimum absolute atomic E-state index is 0.143. The molecule has 3 aliphatic carbocycles. The summed E-state index contributed by atoms with van der Waals surface area (Å²) in [5, 5.41) is 3.21. The van der Waals surface area contributed by atoms with Gasteiger partial charge in [-0.05, 0) is 62.2 Å². The third kappa shape index (κ3) is 3.14. The molecule has 5 fully saturated rings. The van der Waals surface area contributed by atoms with Crippen molar-refractivity contribution in [1.82, 2.24) is 15.1 Å². The monoisotopic (exact) mass is 375 g/mol. The first-order chi connectivity index (χ1) is 13.1. The second-order valence-corrected chi connectivity index (χ2v) is 9.78. The van der Waals surface area contributed by atoms with Crippen molar-refractivity contribution in [3.8, 4) is 0 Å². The van der Waals surface area contributed by atoms with Crippen LogP contribution in [0.2, 0.25) is 0 Å². The molecule has 2 amide bonds. The van der Waals surface area contributed by atoms with Gasteiger partial charge in [0.1, 0.15) is 0 Å². The van der Waals surface area contributed by atoms with Gasteiger partial charge in [0.05, 0.1) is 6.61 Å². The minimum atomic E-state index is -0.143. The maximum absolute atomic E-state index is 12.4. The first-order valence-corrected chi connectivity index (χ1v) is 11.0. The summed E-state index contributed by atoms with van der Waals surface area (Å²) < 4.78 is 5.15. The maximum atomic E-state index is 12.4. The van der Waals surface area contributed by atoms with Gasteiger partial charge in [0.25, 0.3) is 0 Å². The molecule has 0 aromatic rings. The lowest BCUT2D eigenvalue weighted by Crippen LogP contribution is -2.52. The van der Waals surface area contributed by atoms with Crippen molar-refractivity contribution in [2.45, 2.75) is 51.5 Å². The summed E-state index contributed by atoms with van der Waals surface area (Å²) >= 11 is 0. The number of rotatable bonds is 5. The first kappa shape index (κ1) is 17.8. The molecule has 150 valence electrons. The Kier molecular flexibility index (Phi) is 4.37. The van der Waals surface area contributed by atoms with Gasteiger partial charge in [-0.1, -0.05) is 6.42 Å². The van der Waals surface area contributed by atoms with Crippen LogP contribution >= 0.6 is 0 Å². The predicted octanol–water partition coefficient (Wildman–Crippen LogP) is 2.09. The lowest BCUT2D eigenvalue weighted by atomic mass is 9.64. The highest BCUT2D eigenvalue weighted by atomic mass is 16.6. The number of nitrogens with zero attached hydrogens (tertiary/aromatic N) is 2. The lowest BCUT2D eigenvalue weighted by molar-refractivity contribution is -0.123. The number of likely N-dealkylation sites (tertiary alicyclic amines) is 2. The molecule has 3 atom stereocenters. The normalized spacial score (nSPS) is 40.4. The Balaban J connectivity index is 1.04. The van der Waals surface area contributed by atoms with Crippen molar-refractivity contribution in [2.24, 2.45) is 29.1 Å². The van der Waals surface area contributed by atoms with Crippen LogP contribution in [-0.4, -0.2) is 67.2 Å². The molecule has 6 heteroatoms. The number of piperidine rings is 1. The number of carbonyl (C=O) groups excluding carboxylic acids is 2. The fourth-order valence-corrected chi connectivity index (χ4v) is 6.14. The Morgan fingerprint density at radius 2 is 1.93 bits per heavy atom. The average molecular weight is 376 g/mol. The number of hydrogen-bond donors (Lipinski definition) is 1. The average Bonchev–Trinajstić information content (AvgIpc) is 2.96. The van der Waals surface area contributed by atoms with Crippen LogP contribution in [0.3, 0.4) is 0 Å². The van der Waals surface area contributed by atoms with E-state index < -0.39 is 0 Å². The Morgan fingerprint density at radius 3 is 2.56 bits per heavy atom. The Labute approximate surface area is 162 Å². The molecule has 2 saturated heterocycles. The molecule has 5 rings (SSSR count). The van der Waals surface area contributed by atoms with Gasteiger partial charge in [-0.15, -0.1) is 0 Å². The topological polar surface area (TPSA) is 61.9 Å². The summed E-state index contributed by atoms with van der Waals surface area (Å²) in [5.41, 5.74) is 0.337. The van der Waals surface area contributed by atoms with E-state index in [1.807, 2.05) is 11.8 Å². The molecular formula is C21H33N3O3. The molecular weight excluding hydrogens is 342 g/mol. The van der Waals surface area contributed by atoms with Crippen molar-refractivity contribution in [2.75, 3.05) is 39.3 Å². The zero-order chi connectivity index (χ0) is 18.6. The molecule has 0 aromatic heterocycles. The van der Waals surface area contributed by atoms with Gasteiger partial charge >= 0.3 is 6.09 Å². The maximum Gasteiger partial charge on any atom is 0.409 e. The highest BCUT2D eigenvalue weighted by molar-refractivity contribution is 5.82. The number of fused-ring (bicyclic) bond motifs is 1. The molecule has 2 heterocycles. The fraction of sp³-hybridized carbons (Fsp3) is 0.905. The fourth-order valence-electron chi connectivity index (χ4n) is 6.14. The van der Waals surface area contributed by atoms with E-state index in [0.717, 1.165) is 45.1 Å². The predicted molar refractivity (Wildman–Crippen MR) is 101 cm³/mol. The summed E-state index contributed by atoms with van der Waals surface area (Å²) in [6, 6.07) is 0.665. The summed E-state index contributed by atoms with van der Waals surface area (Å²) in [5.74, 6) is 2.56. The van der Waals surface area contributed by atoms with E-state index in [1.165, 1.54) is 32.1 Å². The van der Waals surface area contributed by atoms with Crippen molar-refractivity contribution < 1.29 is 14.3 Å². The molecule has 2 aliphatic heterocycles. The lowest BCUT2D eigenvalue weighted by Gasteiger charge is -2.49. The third-order valence-corrected chi connectivity index (χ3v) is 8.13. The molecule has 27 heavy (non-hydrogen) atoms. The molecule has 6 nitrogen and oxygen atoms in total. The highest BCUT2D eigenvalue weighted by Gasteiger charge is 2.62. The molecule has 1 spiro atoms. The standard InChI is InChI=1S/C21H33N3O3/c1-2-27-20(26)23-7-6-21(13-23)8-15(9-21)24-11-16-17(12-24)18(16)19(25)22-10-14-4-3-5-14/h14-18H,2-13H2,1H3,(H,22,25)/t15?,16-,17+,18?,21?. The van der Waals surface area contributed by atoms with E-state index in [0.29, 0.717) is 41.7 Å². The van der Waals surface area contributed by atoms with Crippen molar-refractivity contribution in [1.29, 1.82) is 0 Å². The smallest absolute Gasteiger partial charge is 0.409 e. The van der Waals surface area contributed by atoms with Gasteiger partial charge in [0.2, 0.25) is 5.91 Å². The van der Waals surface area contributed by atoms with Gasteiger partial charge < -0.3 is 15.0 Å². The SMILES string of the molecule is CCOC(=O)N1CCC2(CC(N3C[C@@H]4C(C(=O)NCC5CCC5)[C@@H]4C3)C2)C1. The summed E-state index contributed by atoms with van der Waals surface area (Å²) in [6.07, 6.45) is 7.32. The molecule has 0 radical (unpaired) electrons. The largest absolute Gasteiger partial charge is 0.450 e. The summed E-state index contributed by atoms with van der Waals surface area (Å²) in [6.45, 7) is 7.15. The molecule has 1 N–H and O–H groups in total. The number of amides is 2. The quantitative estimate of drug-likeness (QED) is 0.799. The van der Waals surface area contributed by atoms with Crippen LogP contribution in [0.15, 0.2) is 0 Å². The van der Waals surface area contributed by atoms with Crippen LogP contribution in [0.1, 0.15) is 45.4 Å². The van der Waals surface area contributed by atoms with E-state index >= 15 is 0 Å². The zero-order valence-electron chi connectivity index (χ0n) is 16.5. The van der Waals surface area contributed by atoms with E-state index in [-0.39, 0.29) is 6.09 Å². The molecule has 3 saturated carbocycles. The van der Waals surface area contributed by atoms with Crippen LogP contribution < -0.4 is 5.32 Å². The van der Waals surface area contributed by atoms with Gasteiger partial charge in [-0.3, -0.25) is 9.69 Å². The van der Waals surface area contributed by atoms with Crippen molar-refractivity contribution in [3.63, 3.8) is 0 Å². The van der Waals surface area contributed by atoms with E-state index in [4.69, 9.17) is 4.74 Å². The molecule has 0 aromatic carbocycles. The van der Waals surface area contributed by atoms with E-state index in [2.05, 4.69) is 10.2 Å².